The lowest BCUT2D eigenvalue weighted by Crippen LogP contribution is -2.45. The summed E-state index contributed by atoms with van der Waals surface area (Å²) in [5, 5.41) is 11.2. The molecule has 1 rings (SSSR count). The Balaban J connectivity index is 2.50. The van der Waals surface area contributed by atoms with Crippen LogP contribution in [0, 0.1) is 0 Å². The molecule has 0 saturated carbocycles. The van der Waals surface area contributed by atoms with Gasteiger partial charge in [-0.05, 0) is 12.8 Å². The maximum Gasteiger partial charge on any atom is 0.327 e. The number of hydrogen-bond acceptors (Lipinski definition) is 4. The summed E-state index contributed by atoms with van der Waals surface area (Å²) in [5.74, 6) is -1.62. The van der Waals surface area contributed by atoms with Crippen LogP contribution in [-0.4, -0.2) is 51.5 Å². The molecule has 17 heavy (non-hydrogen) atoms. The molecule has 1 aliphatic heterocycles. The number of nitrogens with one attached hydrogen (secondary N) is 1. The van der Waals surface area contributed by atoms with Gasteiger partial charge in [-0.1, -0.05) is 0 Å². The molecule has 2 unspecified atom stereocenters. The van der Waals surface area contributed by atoms with E-state index in [0.717, 1.165) is 0 Å². The third kappa shape index (κ3) is 4.82. The van der Waals surface area contributed by atoms with Gasteiger partial charge in [0.05, 0.1) is 5.75 Å². The van der Waals surface area contributed by atoms with Gasteiger partial charge in [0, 0.05) is 36.2 Å². The van der Waals surface area contributed by atoms with Crippen molar-refractivity contribution < 1.29 is 23.6 Å². The molecule has 1 heterocycles. The van der Waals surface area contributed by atoms with Crippen molar-refractivity contribution in [3.63, 3.8) is 0 Å². The number of aliphatic carboxylic acids is 1. The van der Waals surface area contributed by atoms with Crippen LogP contribution in [0.3, 0.4) is 0 Å². The molecule has 0 aromatic heterocycles. The van der Waals surface area contributed by atoms with E-state index in [4.69, 9.17) is 9.84 Å². The summed E-state index contributed by atoms with van der Waals surface area (Å²) < 4.78 is 17.1. The Morgan fingerprint density at radius 3 is 2.53 bits per heavy atom. The normalized spacial score (nSPS) is 20.5. The molecule has 1 amide bonds. The predicted molar refractivity (Wildman–Crippen MR) is 62.1 cm³/mol. The van der Waals surface area contributed by atoms with Gasteiger partial charge in [0.1, 0.15) is 6.04 Å². The molecule has 0 aromatic carbocycles. The van der Waals surface area contributed by atoms with Crippen molar-refractivity contribution in [2.24, 2.45) is 0 Å². The zero-order chi connectivity index (χ0) is 12.8. The molecule has 0 spiro atoms. The summed E-state index contributed by atoms with van der Waals surface area (Å²) in [6.45, 7) is 2.37. The summed E-state index contributed by atoms with van der Waals surface area (Å²) in [7, 11) is -1.25. The molecule has 1 fully saturated rings. The summed E-state index contributed by atoms with van der Waals surface area (Å²) in [5.41, 5.74) is 0. The Kier molecular flexibility index (Phi) is 5.57. The lowest BCUT2D eigenvalue weighted by molar-refractivity contribution is -0.140. The number of carboxylic acids is 1. The first kappa shape index (κ1) is 14.1. The molecule has 0 aromatic rings. The highest BCUT2D eigenvalue weighted by molar-refractivity contribution is 7.85. The zero-order valence-corrected chi connectivity index (χ0v) is 10.5. The highest BCUT2D eigenvalue weighted by Gasteiger charge is 2.26. The maximum atomic E-state index is 11.9. The number of rotatable bonds is 5. The van der Waals surface area contributed by atoms with Crippen LogP contribution in [0.2, 0.25) is 0 Å². The number of amides is 1. The largest absolute Gasteiger partial charge is 0.480 e. The van der Waals surface area contributed by atoms with E-state index in [2.05, 4.69) is 5.32 Å². The molecular formula is C10H17NO5S. The first-order valence-electron chi connectivity index (χ1n) is 5.45. The fourth-order valence-electron chi connectivity index (χ4n) is 1.66. The van der Waals surface area contributed by atoms with E-state index in [0.29, 0.717) is 26.1 Å². The van der Waals surface area contributed by atoms with E-state index in [1.807, 2.05) is 0 Å². The smallest absolute Gasteiger partial charge is 0.327 e. The maximum absolute atomic E-state index is 11.9. The van der Waals surface area contributed by atoms with E-state index in [1.165, 1.54) is 6.92 Å². The lowest BCUT2D eigenvalue weighted by atomic mass is 10.2. The predicted octanol–water partition coefficient (Wildman–Crippen LogP) is -0.497. The van der Waals surface area contributed by atoms with Gasteiger partial charge in [-0.3, -0.25) is 9.00 Å². The topological polar surface area (TPSA) is 92.7 Å². The van der Waals surface area contributed by atoms with Crippen molar-refractivity contribution in [3.05, 3.63) is 0 Å². The second kappa shape index (κ2) is 6.70. The molecule has 2 atom stereocenters. The Morgan fingerprint density at radius 2 is 2.06 bits per heavy atom. The third-order valence-electron chi connectivity index (χ3n) is 2.55. The average molecular weight is 263 g/mol. The fourth-order valence-corrected chi connectivity index (χ4v) is 3.20. The van der Waals surface area contributed by atoms with E-state index in [-0.39, 0.29) is 11.0 Å². The minimum absolute atomic E-state index is 0.0284. The van der Waals surface area contributed by atoms with Crippen molar-refractivity contribution in [1.82, 2.24) is 5.32 Å². The highest BCUT2D eigenvalue weighted by Crippen LogP contribution is 2.14. The third-order valence-corrected chi connectivity index (χ3v) is 4.42. The van der Waals surface area contributed by atoms with Crippen molar-refractivity contribution in [2.45, 2.75) is 31.1 Å². The van der Waals surface area contributed by atoms with Gasteiger partial charge in [-0.2, -0.15) is 0 Å². The molecule has 2 N–H and O–H groups in total. The second-order valence-corrected chi connectivity index (χ2v) is 5.71. The Hall–Kier alpha value is -0.950. The van der Waals surface area contributed by atoms with Gasteiger partial charge in [-0.15, -0.1) is 0 Å². The molecule has 0 radical (unpaired) electrons. The minimum atomic E-state index is -1.25. The lowest BCUT2D eigenvalue weighted by Gasteiger charge is -2.23. The molecule has 1 aliphatic rings. The van der Waals surface area contributed by atoms with Gasteiger partial charge in [0.25, 0.3) is 0 Å². The summed E-state index contributed by atoms with van der Waals surface area (Å²) in [4.78, 5) is 21.7. The molecule has 1 saturated heterocycles. The SMILES string of the molecule is CC(=O)NC(CS(=O)C1CCOCC1)C(=O)O. The first-order chi connectivity index (χ1) is 8.00. The van der Waals surface area contributed by atoms with Crippen molar-refractivity contribution in [1.29, 1.82) is 0 Å². The van der Waals surface area contributed by atoms with E-state index < -0.39 is 28.7 Å². The zero-order valence-electron chi connectivity index (χ0n) is 9.68. The summed E-state index contributed by atoms with van der Waals surface area (Å²) in [6, 6.07) is -1.07. The molecule has 6 nitrogen and oxygen atoms in total. The van der Waals surface area contributed by atoms with Gasteiger partial charge >= 0.3 is 5.97 Å². The molecule has 7 heteroatoms. The van der Waals surface area contributed by atoms with Crippen LogP contribution in [-0.2, 0) is 25.1 Å². The number of hydrogen-bond donors (Lipinski definition) is 2. The van der Waals surface area contributed by atoms with Gasteiger partial charge < -0.3 is 15.2 Å². The number of carbonyl (C=O) groups is 2. The standard InChI is InChI=1S/C10H17NO5S/c1-7(12)11-9(10(13)14)6-17(15)8-2-4-16-5-3-8/h8-9H,2-6H2,1H3,(H,11,12)(H,13,14). The van der Waals surface area contributed by atoms with Crippen LogP contribution in [0.15, 0.2) is 0 Å². The number of carbonyl (C=O) groups excluding carboxylic acids is 1. The van der Waals surface area contributed by atoms with Crippen molar-refractivity contribution in [2.75, 3.05) is 19.0 Å². The Labute approximate surface area is 102 Å². The summed E-state index contributed by atoms with van der Waals surface area (Å²) >= 11 is 0. The molecular weight excluding hydrogens is 246 g/mol. The quantitative estimate of drug-likeness (QED) is 0.698. The van der Waals surface area contributed by atoms with E-state index in [9.17, 15) is 13.8 Å². The van der Waals surface area contributed by atoms with Crippen molar-refractivity contribution in [3.8, 4) is 0 Å². The highest BCUT2D eigenvalue weighted by atomic mass is 32.2. The monoisotopic (exact) mass is 263 g/mol. The molecule has 0 bridgehead atoms. The number of ether oxygens (including phenoxy) is 1. The number of carboxylic acid groups (broad SMARTS) is 1. The van der Waals surface area contributed by atoms with Gasteiger partial charge in [0.2, 0.25) is 5.91 Å². The van der Waals surface area contributed by atoms with E-state index >= 15 is 0 Å². The Morgan fingerprint density at radius 1 is 1.47 bits per heavy atom. The first-order valence-corrected chi connectivity index (χ1v) is 6.83. The second-order valence-electron chi connectivity index (χ2n) is 3.95. The fraction of sp³-hybridized carbons (Fsp3) is 0.800. The van der Waals surface area contributed by atoms with Crippen LogP contribution in [0.5, 0.6) is 0 Å². The Bertz CT molecular complexity index is 314. The van der Waals surface area contributed by atoms with Crippen LogP contribution < -0.4 is 5.32 Å². The van der Waals surface area contributed by atoms with Crippen LogP contribution in [0.1, 0.15) is 19.8 Å². The van der Waals surface area contributed by atoms with Crippen molar-refractivity contribution >= 4 is 22.7 Å². The average Bonchev–Trinajstić information content (AvgIpc) is 2.28. The molecule has 98 valence electrons. The van der Waals surface area contributed by atoms with Crippen LogP contribution in [0.4, 0.5) is 0 Å². The van der Waals surface area contributed by atoms with Crippen LogP contribution in [0.25, 0.3) is 0 Å². The minimum Gasteiger partial charge on any atom is -0.480 e. The van der Waals surface area contributed by atoms with Gasteiger partial charge in [-0.25, -0.2) is 4.79 Å². The van der Waals surface area contributed by atoms with Crippen LogP contribution >= 0.6 is 0 Å². The summed E-state index contributed by atoms with van der Waals surface area (Å²) in [6.07, 6.45) is 1.36. The molecule has 0 aliphatic carbocycles. The van der Waals surface area contributed by atoms with Gasteiger partial charge in [0.15, 0.2) is 0 Å². The van der Waals surface area contributed by atoms with E-state index in [1.54, 1.807) is 0 Å².